The minimum Gasteiger partial charge on any atom is -0.358 e. The Hall–Kier alpha value is -4.51. The Balaban J connectivity index is 1.41. The molecule has 3 heterocycles. The number of rotatable bonds is 3. The van der Waals surface area contributed by atoms with Gasteiger partial charge in [-0.2, -0.15) is 0 Å². The van der Waals surface area contributed by atoms with Crippen molar-refractivity contribution in [2.24, 2.45) is 11.8 Å². The van der Waals surface area contributed by atoms with E-state index in [9.17, 15) is 14.4 Å². The molecule has 4 atom stereocenters. The van der Waals surface area contributed by atoms with Crippen LogP contribution in [0.15, 0.2) is 103 Å². The number of hydrogen-bond donors (Lipinski definition) is 0. The lowest BCUT2D eigenvalue weighted by Crippen LogP contribution is -2.44. The molecule has 0 radical (unpaired) electrons. The topological polar surface area (TPSA) is 57.7 Å². The van der Waals surface area contributed by atoms with Gasteiger partial charge >= 0.3 is 0 Å². The normalized spacial score (nSPS) is 24.1. The number of ketones is 1. The van der Waals surface area contributed by atoms with Crippen molar-refractivity contribution in [2.75, 3.05) is 4.90 Å². The molecule has 2 fully saturated rings. The Bertz CT molecular complexity index is 1590. The summed E-state index contributed by atoms with van der Waals surface area (Å²) in [5, 5.41) is 1.80. The van der Waals surface area contributed by atoms with Crippen LogP contribution in [0.25, 0.3) is 16.8 Å². The lowest BCUT2D eigenvalue weighted by Gasteiger charge is -2.35. The zero-order chi connectivity index (χ0) is 24.4. The number of nitrogens with zero attached hydrogens (tertiary/aromatic N) is 2. The summed E-state index contributed by atoms with van der Waals surface area (Å²) >= 11 is 0. The molecule has 5 nitrogen and oxygen atoms in total. The summed E-state index contributed by atoms with van der Waals surface area (Å²) in [5.74, 6) is -2.12. The molecule has 0 aromatic heterocycles. The van der Waals surface area contributed by atoms with E-state index in [1.54, 1.807) is 12.1 Å². The number of fused-ring (bicyclic) bond motifs is 6. The Labute approximate surface area is 208 Å². The first-order valence-corrected chi connectivity index (χ1v) is 12.1. The number of carbonyl (C=O) groups is 3. The first-order chi connectivity index (χ1) is 17.6. The molecule has 0 aliphatic carbocycles. The van der Waals surface area contributed by atoms with Gasteiger partial charge in [-0.15, -0.1) is 0 Å². The molecule has 3 aliphatic heterocycles. The molecule has 174 valence electrons. The molecular weight excluding hydrogens is 448 g/mol. The standard InChI is InChI=1S/C31H22N2O3/c34-29(21-11-2-1-3-12-21)28-26-25(27-23-15-7-5-10-20(23)17-18-32(27)28)30(35)33(31(26)36)24-16-8-13-19-9-4-6-14-22(19)24/h1-18,25-28H/t25-,26-,27+,28-/m0/s1. The molecule has 0 bridgehead atoms. The van der Waals surface area contributed by atoms with E-state index < -0.39 is 17.9 Å². The quantitative estimate of drug-likeness (QED) is 0.304. The predicted molar refractivity (Wildman–Crippen MR) is 138 cm³/mol. The molecule has 7 rings (SSSR count). The number of hydrogen-bond acceptors (Lipinski definition) is 4. The van der Waals surface area contributed by atoms with Crippen molar-refractivity contribution in [3.8, 4) is 0 Å². The third-order valence-corrected chi connectivity index (χ3v) is 7.80. The number of carbonyl (C=O) groups excluding carboxylic acids is 3. The molecule has 4 aromatic carbocycles. The van der Waals surface area contributed by atoms with Gasteiger partial charge in [-0.1, -0.05) is 91.0 Å². The maximum absolute atomic E-state index is 14.2. The Morgan fingerprint density at radius 1 is 0.694 bits per heavy atom. The fourth-order valence-electron chi connectivity index (χ4n) is 6.27. The molecule has 2 saturated heterocycles. The molecule has 3 aliphatic rings. The van der Waals surface area contributed by atoms with Gasteiger partial charge in [0.25, 0.3) is 0 Å². The third kappa shape index (κ3) is 2.80. The van der Waals surface area contributed by atoms with E-state index in [4.69, 9.17) is 0 Å². The highest BCUT2D eigenvalue weighted by atomic mass is 16.2. The highest BCUT2D eigenvalue weighted by Crippen LogP contribution is 2.54. The van der Waals surface area contributed by atoms with E-state index in [2.05, 4.69) is 0 Å². The van der Waals surface area contributed by atoms with Crippen LogP contribution in [-0.4, -0.2) is 28.5 Å². The highest BCUT2D eigenvalue weighted by molar-refractivity contribution is 6.27. The van der Waals surface area contributed by atoms with Crippen LogP contribution in [0.1, 0.15) is 27.5 Å². The summed E-state index contributed by atoms with van der Waals surface area (Å²) in [4.78, 5) is 45.5. The van der Waals surface area contributed by atoms with Gasteiger partial charge in [0.15, 0.2) is 5.78 Å². The van der Waals surface area contributed by atoms with Gasteiger partial charge in [0.05, 0.1) is 23.6 Å². The van der Waals surface area contributed by atoms with E-state index in [1.807, 2.05) is 102 Å². The summed E-state index contributed by atoms with van der Waals surface area (Å²) in [5.41, 5.74) is 3.10. The van der Waals surface area contributed by atoms with Crippen LogP contribution >= 0.6 is 0 Å². The molecule has 0 spiro atoms. The molecule has 0 saturated carbocycles. The van der Waals surface area contributed by atoms with Crippen LogP contribution in [0.5, 0.6) is 0 Å². The van der Waals surface area contributed by atoms with Gasteiger partial charge in [0.1, 0.15) is 6.04 Å². The van der Waals surface area contributed by atoms with Crippen molar-refractivity contribution in [3.63, 3.8) is 0 Å². The van der Waals surface area contributed by atoms with E-state index in [-0.39, 0.29) is 23.6 Å². The van der Waals surface area contributed by atoms with Gasteiger partial charge in [0.2, 0.25) is 11.8 Å². The summed E-state index contributed by atoms with van der Waals surface area (Å²) in [6.45, 7) is 0. The number of anilines is 1. The lowest BCUT2D eigenvalue weighted by atomic mass is 9.83. The van der Waals surface area contributed by atoms with Crippen molar-refractivity contribution < 1.29 is 14.4 Å². The number of Topliss-reactive ketones (excluding diaryl/α,β-unsaturated/α-hetero) is 1. The molecule has 2 amide bonds. The number of amides is 2. The van der Waals surface area contributed by atoms with Gasteiger partial charge < -0.3 is 4.90 Å². The average molecular weight is 471 g/mol. The smallest absolute Gasteiger partial charge is 0.240 e. The van der Waals surface area contributed by atoms with Crippen LogP contribution < -0.4 is 4.90 Å². The minimum absolute atomic E-state index is 0.141. The second-order valence-corrected chi connectivity index (χ2v) is 9.57. The number of imide groups is 1. The maximum Gasteiger partial charge on any atom is 0.240 e. The van der Waals surface area contributed by atoms with Gasteiger partial charge in [-0.3, -0.25) is 14.4 Å². The summed E-state index contributed by atoms with van der Waals surface area (Å²) in [6.07, 6.45) is 3.86. The first-order valence-electron chi connectivity index (χ1n) is 12.1. The number of benzene rings is 4. The Morgan fingerprint density at radius 2 is 1.39 bits per heavy atom. The monoisotopic (exact) mass is 470 g/mol. The van der Waals surface area contributed by atoms with Crippen LogP contribution in [0, 0.1) is 11.8 Å². The molecule has 5 heteroatoms. The highest BCUT2D eigenvalue weighted by Gasteiger charge is 2.64. The molecule has 36 heavy (non-hydrogen) atoms. The molecule has 4 aromatic rings. The SMILES string of the molecule is O=C(c1ccccc1)[C@@H]1[C@H]2C(=O)N(c3cccc4ccccc34)C(=O)[C@@H]2[C@H]2c3ccccc3C=CN12. The van der Waals surface area contributed by atoms with E-state index in [0.717, 1.165) is 21.9 Å². The fourth-order valence-corrected chi connectivity index (χ4v) is 6.27. The van der Waals surface area contributed by atoms with Crippen molar-refractivity contribution in [3.05, 3.63) is 120 Å². The Morgan fingerprint density at radius 3 is 2.25 bits per heavy atom. The Kier molecular flexibility index (Phi) is 4.48. The van der Waals surface area contributed by atoms with Gasteiger partial charge in [-0.05, 0) is 28.7 Å². The second-order valence-electron chi connectivity index (χ2n) is 9.57. The third-order valence-electron chi connectivity index (χ3n) is 7.80. The summed E-state index contributed by atoms with van der Waals surface area (Å²) in [7, 11) is 0. The fraction of sp³-hybridized carbons (Fsp3) is 0.129. The second kappa shape index (κ2) is 7.75. The van der Waals surface area contributed by atoms with Crippen LogP contribution in [0.3, 0.4) is 0 Å². The van der Waals surface area contributed by atoms with Crippen LogP contribution in [-0.2, 0) is 9.59 Å². The molecule has 0 N–H and O–H groups in total. The molecular formula is C31H22N2O3. The molecule has 0 unspecified atom stereocenters. The van der Waals surface area contributed by atoms with E-state index in [1.165, 1.54) is 4.90 Å². The van der Waals surface area contributed by atoms with E-state index >= 15 is 0 Å². The lowest BCUT2D eigenvalue weighted by molar-refractivity contribution is -0.123. The van der Waals surface area contributed by atoms with Crippen molar-refractivity contribution in [2.45, 2.75) is 12.1 Å². The first kappa shape index (κ1) is 20.8. The van der Waals surface area contributed by atoms with Crippen molar-refractivity contribution >= 4 is 40.1 Å². The summed E-state index contributed by atoms with van der Waals surface area (Å²) in [6, 6.07) is 29.2. The zero-order valence-electron chi connectivity index (χ0n) is 19.3. The van der Waals surface area contributed by atoms with Gasteiger partial charge in [0, 0.05) is 17.1 Å². The van der Waals surface area contributed by atoms with Crippen molar-refractivity contribution in [1.29, 1.82) is 0 Å². The predicted octanol–water partition coefficient (Wildman–Crippen LogP) is 5.24. The van der Waals surface area contributed by atoms with Crippen LogP contribution in [0.2, 0.25) is 0 Å². The maximum atomic E-state index is 14.2. The van der Waals surface area contributed by atoms with Crippen LogP contribution in [0.4, 0.5) is 5.69 Å². The van der Waals surface area contributed by atoms with E-state index in [0.29, 0.717) is 11.3 Å². The minimum atomic E-state index is -0.773. The summed E-state index contributed by atoms with van der Waals surface area (Å²) < 4.78 is 0. The zero-order valence-corrected chi connectivity index (χ0v) is 19.3. The average Bonchev–Trinajstić information content (AvgIpc) is 3.40. The van der Waals surface area contributed by atoms with Crippen molar-refractivity contribution in [1.82, 2.24) is 4.90 Å². The van der Waals surface area contributed by atoms with Gasteiger partial charge in [-0.25, -0.2) is 4.90 Å². The largest absolute Gasteiger partial charge is 0.358 e.